The van der Waals surface area contributed by atoms with Crippen molar-refractivity contribution in [3.05, 3.63) is 38.4 Å². The largest absolute Gasteiger partial charge is 0.361 e. The zero-order valence-electron chi connectivity index (χ0n) is 13.3. The average Bonchev–Trinajstić information content (AvgIpc) is 3.02. The number of nitrogens with zero attached hydrogens (tertiary/aromatic N) is 3. The smallest absolute Gasteiger partial charge is 0.193 e. The van der Waals surface area contributed by atoms with E-state index in [9.17, 15) is 0 Å². The van der Waals surface area contributed by atoms with Crippen LogP contribution in [0, 0.1) is 13.8 Å². The summed E-state index contributed by atoms with van der Waals surface area (Å²) in [6.07, 6.45) is 0.860. The number of hydrogen-bond acceptors (Lipinski definition) is 4. The van der Waals surface area contributed by atoms with E-state index in [-0.39, 0.29) is 0 Å². The lowest BCUT2D eigenvalue weighted by Crippen LogP contribution is -2.39. The summed E-state index contributed by atoms with van der Waals surface area (Å²) in [5, 5.41) is 7.34. The lowest BCUT2D eigenvalue weighted by atomic mass is 10.1. The van der Waals surface area contributed by atoms with Gasteiger partial charge in [-0.3, -0.25) is 4.99 Å². The SMILES string of the molecule is CN=C(NCCc1c(C)noc1C)N(C)Cc1ccc(Cl)s1. The second-order valence-electron chi connectivity index (χ2n) is 5.09. The standard InChI is InChI=1S/C15H21ClN4OS/c1-10-13(11(2)21-19-10)7-8-18-15(17-3)20(4)9-12-5-6-14(16)22-12/h5-6H,7-9H2,1-4H3,(H,17,18). The molecule has 2 heterocycles. The molecular weight excluding hydrogens is 320 g/mol. The lowest BCUT2D eigenvalue weighted by Gasteiger charge is -2.21. The molecule has 5 nitrogen and oxygen atoms in total. The van der Waals surface area contributed by atoms with Crippen molar-refractivity contribution in [2.75, 3.05) is 20.6 Å². The Bertz CT molecular complexity index is 630. The highest BCUT2D eigenvalue weighted by atomic mass is 35.5. The summed E-state index contributed by atoms with van der Waals surface area (Å²) in [6.45, 7) is 5.47. The zero-order valence-corrected chi connectivity index (χ0v) is 14.9. The van der Waals surface area contributed by atoms with Crippen molar-refractivity contribution in [1.82, 2.24) is 15.4 Å². The minimum Gasteiger partial charge on any atom is -0.361 e. The third-order valence-corrected chi connectivity index (χ3v) is 4.65. The van der Waals surface area contributed by atoms with Crippen molar-refractivity contribution in [3.8, 4) is 0 Å². The monoisotopic (exact) mass is 340 g/mol. The maximum atomic E-state index is 5.97. The molecule has 1 N–H and O–H groups in total. The molecule has 120 valence electrons. The summed E-state index contributed by atoms with van der Waals surface area (Å²) >= 11 is 7.56. The number of guanidine groups is 1. The van der Waals surface area contributed by atoms with E-state index in [4.69, 9.17) is 16.1 Å². The number of hydrogen-bond donors (Lipinski definition) is 1. The molecule has 0 amide bonds. The minimum atomic E-state index is 0.780. The normalized spacial score (nSPS) is 11.8. The zero-order chi connectivity index (χ0) is 16.1. The van der Waals surface area contributed by atoms with Gasteiger partial charge in [-0.05, 0) is 32.4 Å². The second-order valence-corrected chi connectivity index (χ2v) is 6.89. The maximum Gasteiger partial charge on any atom is 0.193 e. The molecule has 0 fully saturated rings. The maximum absolute atomic E-state index is 5.97. The van der Waals surface area contributed by atoms with Gasteiger partial charge in [0.05, 0.1) is 16.6 Å². The molecule has 0 atom stereocenters. The number of aromatic nitrogens is 1. The van der Waals surface area contributed by atoms with Gasteiger partial charge < -0.3 is 14.7 Å². The van der Waals surface area contributed by atoms with Gasteiger partial charge in [-0.25, -0.2) is 0 Å². The van der Waals surface area contributed by atoms with Crippen LogP contribution < -0.4 is 5.32 Å². The van der Waals surface area contributed by atoms with Gasteiger partial charge in [0.2, 0.25) is 0 Å². The number of halogens is 1. The van der Waals surface area contributed by atoms with Gasteiger partial charge in [-0.1, -0.05) is 16.8 Å². The van der Waals surface area contributed by atoms with Crippen LogP contribution in [-0.2, 0) is 13.0 Å². The van der Waals surface area contributed by atoms with Crippen LogP contribution in [0.3, 0.4) is 0 Å². The topological polar surface area (TPSA) is 53.7 Å². The van der Waals surface area contributed by atoms with Crippen molar-refractivity contribution >= 4 is 28.9 Å². The summed E-state index contributed by atoms with van der Waals surface area (Å²) in [5.74, 6) is 1.74. The Labute approximate surface area is 140 Å². The van der Waals surface area contributed by atoms with Crippen molar-refractivity contribution in [2.45, 2.75) is 26.8 Å². The van der Waals surface area contributed by atoms with E-state index in [1.165, 1.54) is 4.88 Å². The Hall–Kier alpha value is -1.53. The number of aryl methyl sites for hydroxylation is 2. The van der Waals surface area contributed by atoms with E-state index in [2.05, 4.69) is 20.4 Å². The first-order valence-corrected chi connectivity index (χ1v) is 8.28. The van der Waals surface area contributed by atoms with Gasteiger partial charge >= 0.3 is 0 Å². The summed E-state index contributed by atoms with van der Waals surface area (Å²) in [5.41, 5.74) is 2.12. The Kier molecular flexibility index (Phi) is 5.85. The molecule has 22 heavy (non-hydrogen) atoms. The molecule has 0 bridgehead atoms. The first kappa shape index (κ1) is 16.8. The van der Waals surface area contributed by atoms with Gasteiger partial charge in [0.25, 0.3) is 0 Å². The fourth-order valence-electron chi connectivity index (χ4n) is 2.29. The Balaban J connectivity index is 1.87. The van der Waals surface area contributed by atoms with E-state index in [0.717, 1.165) is 46.8 Å². The molecule has 0 aliphatic carbocycles. The van der Waals surface area contributed by atoms with Crippen LogP contribution in [-0.4, -0.2) is 36.7 Å². The van der Waals surface area contributed by atoms with Gasteiger partial charge in [0, 0.05) is 31.1 Å². The summed E-state index contributed by atoms with van der Waals surface area (Å²) in [6, 6.07) is 3.96. The predicted octanol–water partition coefficient (Wildman–Crippen LogP) is 3.26. The third-order valence-electron chi connectivity index (χ3n) is 3.43. The van der Waals surface area contributed by atoms with Gasteiger partial charge in [-0.2, -0.15) is 0 Å². The minimum absolute atomic E-state index is 0.780. The molecule has 0 saturated heterocycles. The number of thiophene rings is 1. The van der Waals surface area contributed by atoms with E-state index in [1.54, 1.807) is 18.4 Å². The lowest BCUT2D eigenvalue weighted by molar-refractivity contribution is 0.392. The number of nitrogens with one attached hydrogen (secondary N) is 1. The molecule has 0 aliphatic heterocycles. The Morgan fingerprint density at radius 1 is 1.45 bits per heavy atom. The molecule has 0 radical (unpaired) electrons. The van der Waals surface area contributed by atoms with E-state index in [1.807, 2.05) is 33.0 Å². The second kappa shape index (κ2) is 7.65. The quantitative estimate of drug-likeness (QED) is 0.670. The Morgan fingerprint density at radius 2 is 2.23 bits per heavy atom. The molecule has 2 aromatic rings. The molecule has 0 saturated carbocycles. The number of aliphatic imine (C=N–C) groups is 1. The van der Waals surface area contributed by atoms with Gasteiger partial charge in [0.15, 0.2) is 5.96 Å². The van der Waals surface area contributed by atoms with Crippen molar-refractivity contribution in [3.63, 3.8) is 0 Å². The molecule has 0 aromatic carbocycles. The first-order valence-electron chi connectivity index (χ1n) is 7.09. The number of rotatable bonds is 5. The molecule has 7 heteroatoms. The summed E-state index contributed by atoms with van der Waals surface area (Å²) in [7, 11) is 3.80. The van der Waals surface area contributed by atoms with E-state index < -0.39 is 0 Å². The van der Waals surface area contributed by atoms with Gasteiger partial charge in [-0.15, -0.1) is 11.3 Å². The van der Waals surface area contributed by atoms with Crippen LogP contribution >= 0.6 is 22.9 Å². The molecule has 0 spiro atoms. The van der Waals surface area contributed by atoms with Crippen LogP contribution in [0.15, 0.2) is 21.6 Å². The van der Waals surface area contributed by atoms with Crippen LogP contribution in [0.2, 0.25) is 4.34 Å². The molecular formula is C15H21ClN4OS. The molecule has 0 unspecified atom stereocenters. The highest BCUT2D eigenvalue weighted by Gasteiger charge is 2.11. The van der Waals surface area contributed by atoms with E-state index >= 15 is 0 Å². The third kappa shape index (κ3) is 4.24. The van der Waals surface area contributed by atoms with Crippen LogP contribution in [0.4, 0.5) is 0 Å². The van der Waals surface area contributed by atoms with Crippen LogP contribution in [0.5, 0.6) is 0 Å². The highest BCUT2D eigenvalue weighted by molar-refractivity contribution is 7.16. The Morgan fingerprint density at radius 3 is 2.77 bits per heavy atom. The van der Waals surface area contributed by atoms with Crippen LogP contribution in [0.1, 0.15) is 21.9 Å². The molecule has 2 rings (SSSR count). The first-order chi connectivity index (χ1) is 10.5. The fourth-order valence-corrected chi connectivity index (χ4v) is 3.43. The average molecular weight is 341 g/mol. The van der Waals surface area contributed by atoms with Gasteiger partial charge in [0.1, 0.15) is 5.76 Å². The van der Waals surface area contributed by atoms with Crippen molar-refractivity contribution < 1.29 is 4.52 Å². The molecule has 2 aromatic heterocycles. The molecule has 0 aliphatic rings. The van der Waals surface area contributed by atoms with Crippen molar-refractivity contribution in [2.24, 2.45) is 4.99 Å². The van der Waals surface area contributed by atoms with E-state index in [0.29, 0.717) is 0 Å². The van der Waals surface area contributed by atoms with Crippen LogP contribution in [0.25, 0.3) is 0 Å². The fraction of sp³-hybridized carbons (Fsp3) is 0.467. The van der Waals surface area contributed by atoms with Crippen molar-refractivity contribution in [1.29, 1.82) is 0 Å². The summed E-state index contributed by atoms with van der Waals surface area (Å²) in [4.78, 5) is 7.61. The summed E-state index contributed by atoms with van der Waals surface area (Å²) < 4.78 is 5.99. The highest BCUT2D eigenvalue weighted by Crippen LogP contribution is 2.22. The predicted molar refractivity (Wildman–Crippen MR) is 91.8 cm³/mol.